The van der Waals surface area contributed by atoms with E-state index >= 15 is 0 Å². The summed E-state index contributed by atoms with van der Waals surface area (Å²) in [6.45, 7) is 2.15. The lowest BCUT2D eigenvalue weighted by atomic mass is 10.0. The van der Waals surface area contributed by atoms with Gasteiger partial charge in [-0.3, -0.25) is 4.79 Å². The molecule has 0 spiro atoms. The van der Waals surface area contributed by atoms with E-state index in [-0.39, 0.29) is 22.6 Å². The fourth-order valence-electron chi connectivity index (χ4n) is 3.77. The Balaban J connectivity index is 1.79. The van der Waals surface area contributed by atoms with Crippen LogP contribution in [0.2, 0.25) is 0 Å². The van der Waals surface area contributed by atoms with Crippen molar-refractivity contribution in [2.45, 2.75) is 58.3 Å². The highest BCUT2D eigenvalue weighted by Gasteiger charge is 2.39. The fourth-order valence-corrected chi connectivity index (χ4v) is 3.77. The molecule has 164 valence electrons. The maximum atomic E-state index is 13.9. The van der Waals surface area contributed by atoms with E-state index in [4.69, 9.17) is 0 Å². The third-order valence-corrected chi connectivity index (χ3v) is 5.39. The second kappa shape index (κ2) is 10.8. The van der Waals surface area contributed by atoms with Crippen LogP contribution >= 0.6 is 0 Å². The first kappa shape index (κ1) is 22.5. The van der Waals surface area contributed by atoms with Gasteiger partial charge in [0.1, 0.15) is 11.6 Å². The Labute approximate surface area is 182 Å². The summed E-state index contributed by atoms with van der Waals surface area (Å²) in [5.41, 5.74) is 1.09. The summed E-state index contributed by atoms with van der Waals surface area (Å²) in [5, 5.41) is 13.4. The average molecular weight is 425 g/mol. The minimum Gasteiger partial charge on any atom is -0.511 e. The molecule has 3 rings (SSSR count). The molecular formula is C25H29FN2O3. The second-order valence-electron chi connectivity index (χ2n) is 7.75. The van der Waals surface area contributed by atoms with Gasteiger partial charge < -0.3 is 10.4 Å². The van der Waals surface area contributed by atoms with Crippen molar-refractivity contribution in [3.63, 3.8) is 0 Å². The zero-order valence-corrected chi connectivity index (χ0v) is 17.9. The van der Waals surface area contributed by atoms with E-state index in [1.807, 2.05) is 18.2 Å². The number of urea groups is 1. The molecule has 1 aliphatic carbocycles. The van der Waals surface area contributed by atoms with Gasteiger partial charge in [0.15, 0.2) is 0 Å². The standard InChI is InChI=1S/C25H29FN2O3/c1-2-3-4-5-6-11-14-22(29)23-20-17-18(26)15-16-21(20)28(24(23)30)25(31)27-19-12-9-7-8-10-13-19/h7-9,12-13,15-17,29H,2-6,10-11,14H2,1H3,(H,27,31)/b23-22-. The topological polar surface area (TPSA) is 69.6 Å². The molecule has 2 aliphatic rings. The van der Waals surface area contributed by atoms with Crippen LogP contribution in [0, 0.1) is 5.82 Å². The van der Waals surface area contributed by atoms with Crippen LogP contribution in [0.15, 0.2) is 60.0 Å². The highest BCUT2D eigenvalue weighted by atomic mass is 19.1. The Kier molecular flexibility index (Phi) is 7.82. The Hall–Kier alpha value is -3.15. The number of nitrogens with zero attached hydrogens (tertiary/aromatic N) is 1. The van der Waals surface area contributed by atoms with Crippen LogP contribution in [0.1, 0.15) is 63.9 Å². The number of imide groups is 1. The van der Waals surface area contributed by atoms with Crippen molar-refractivity contribution in [2.75, 3.05) is 4.90 Å². The molecule has 0 fully saturated rings. The van der Waals surface area contributed by atoms with E-state index < -0.39 is 17.8 Å². The van der Waals surface area contributed by atoms with Crippen molar-refractivity contribution in [3.8, 4) is 0 Å². The molecule has 0 unspecified atom stereocenters. The van der Waals surface area contributed by atoms with Gasteiger partial charge in [-0.25, -0.2) is 14.1 Å². The summed E-state index contributed by atoms with van der Waals surface area (Å²) in [7, 11) is 0. The summed E-state index contributed by atoms with van der Waals surface area (Å²) < 4.78 is 13.9. The van der Waals surface area contributed by atoms with Crippen LogP contribution in [0.5, 0.6) is 0 Å². The molecule has 0 aromatic heterocycles. The zero-order valence-electron chi connectivity index (χ0n) is 17.9. The maximum absolute atomic E-state index is 13.9. The van der Waals surface area contributed by atoms with Crippen LogP contribution < -0.4 is 10.2 Å². The van der Waals surface area contributed by atoms with Crippen molar-refractivity contribution in [2.24, 2.45) is 0 Å². The van der Waals surface area contributed by atoms with Crippen LogP contribution in [0.3, 0.4) is 0 Å². The summed E-state index contributed by atoms with van der Waals surface area (Å²) in [6, 6.07) is 3.15. The van der Waals surface area contributed by atoms with Gasteiger partial charge >= 0.3 is 6.03 Å². The van der Waals surface area contributed by atoms with Crippen LogP contribution in [-0.4, -0.2) is 17.0 Å². The van der Waals surface area contributed by atoms with Crippen molar-refractivity contribution >= 4 is 23.2 Å². The summed E-state index contributed by atoms with van der Waals surface area (Å²) >= 11 is 0. The Morgan fingerprint density at radius 2 is 1.94 bits per heavy atom. The average Bonchev–Trinajstić information content (AvgIpc) is 2.87. The summed E-state index contributed by atoms with van der Waals surface area (Å²) in [6.07, 6.45) is 16.4. The quantitative estimate of drug-likeness (QED) is 0.292. The lowest BCUT2D eigenvalue weighted by Gasteiger charge is -2.16. The van der Waals surface area contributed by atoms with Gasteiger partial charge in [0, 0.05) is 17.7 Å². The Morgan fingerprint density at radius 1 is 1.16 bits per heavy atom. The molecule has 1 heterocycles. The predicted octanol–water partition coefficient (Wildman–Crippen LogP) is 6.30. The van der Waals surface area contributed by atoms with Gasteiger partial charge in [0.2, 0.25) is 0 Å². The molecule has 1 aromatic rings. The second-order valence-corrected chi connectivity index (χ2v) is 7.75. The summed E-state index contributed by atoms with van der Waals surface area (Å²) in [5.74, 6) is -1.27. The van der Waals surface area contributed by atoms with E-state index in [9.17, 15) is 19.1 Å². The number of benzene rings is 1. The number of halogens is 1. The predicted molar refractivity (Wildman–Crippen MR) is 121 cm³/mol. The first-order valence-corrected chi connectivity index (χ1v) is 10.9. The van der Waals surface area contributed by atoms with Crippen LogP contribution in [0.4, 0.5) is 14.9 Å². The molecule has 2 N–H and O–H groups in total. The van der Waals surface area contributed by atoms with Gasteiger partial charge in [-0.2, -0.15) is 0 Å². The number of anilines is 1. The molecule has 0 saturated carbocycles. The largest absolute Gasteiger partial charge is 0.511 e. The minimum absolute atomic E-state index is 0.00487. The summed E-state index contributed by atoms with van der Waals surface area (Å²) in [4.78, 5) is 27.0. The normalized spacial score (nSPS) is 16.8. The number of fused-ring (bicyclic) bond motifs is 1. The Bertz CT molecular complexity index is 960. The van der Waals surface area contributed by atoms with Crippen molar-refractivity contribution < 1.29 is 19.1 Å². The SMILES string of the molecule is CCCCCCCC/C(O)=C1/C(=O)N(C(=O)NC2=CCC=CC=C2)c2ccc(F)cc21. The number of nitrogens with one attached hydrogen (secondary N) is 1. The maximum Gasteiger partial charge on any atom is 0.333 e. The van der Waals surface area contributed by atoms with Gasteiger partial charge in [0.25, 0.3) is 5.91 Å². The number of carbonyl (C=O) groups is 2. The molecule has 5 nitrogen and oxygen atoms in total. The number of unbranched alkanes of at least 4 members (excludes halogenated alkanes) is 5. The van der Waals surface area contributed by atoms with E-state index in [0.29, 0.717) is 18.5 Å². The molecule has 31 heavy (non-hydrogen) atoms. The van der Waals surface area contributed by atoms with Gasteiger partial charge in [-0.05, 0) is 37.1 Å². The number of hydrogen-bond acceptors (Lipinski definition) is 3. The minimum atomic E-state index is -0.641. The number of carbonyl (C=O) groups excluding carboxylic acids is 2. The number of hydrogen-bond donors (Lipinski definition) is 2. The number of aliphatic hydroxyl groups is 1. The molecular weight excluding hydrogens is 395 g/mol. The molecule has 6 heteroatoms. The number of amides is 3. The first-order chi connectivity index (χ1) is 15.0. The first-order valence-electron chi connectivity index (χ1n) is 10.9. The van der Waals surface area contributed by atoms with Gasteiger partial charge in [-0.15, -0.1) is 0 Å². The molecule has 1 aliphatic heterocycles. The molecule has 0 radical (unpaired) electrons. The number of rotatable bonds is 8. The van der Waals surface area contributed by atoms with E-state index in [1.54, 1.807) is 12.2 Å². The molecule has 1 aromatic carbocycles. The van der Waals surface area contributed by atoms with E-state index in [1.165, 1.54) is 24.6 Å². The smallest absolute Gasteiger partial charge is 0.333 e. The van der Waals surface area contributed by atoms with E-state index in [0.717, 1.165) is 37.0 Å². The van der Waals surface area contributed by atoms with Gasteiger partial charge in [-0.1, -0.05) is 63.3 Å². The molecule has 3 amide bonds. The number of aliphatic hydroxyl groups excluding tert-OH is 1. The van der Waals surface area contributed by atoms with Crippen molar-refractivity contribution in [1.82, 2.24) is 5.32 Å². The molecule has 0 saturated heterocycles. The van der Waals surface area contributed by atoms with E-state index in [2.05, 4.69) is 12.2 Å². The molecule has 0 atom stereocenters. The highest BCUT2D eigenvalue weighted by molar-refractivity contribution is 6.40. The molecule has 0 bridgehead atoms. The van der Waals surface area contributed by atoms with Crippen LogP contribution in [0.25, 0.3) is 5.57 Å². The third kappa shape index (κ3) is 5.51. The number of allylic oxidation sites excluding steroid dienone is 6. The van der Waals surface area contributed by atoms with Gasteiger partial charge in [0.05, 0.1) is 11.3 Å². The van der Waals surface area contributed by atoms with Crippen LogP contribution in [-0.2, 0) is 4.79 Å². The lowest BCUT2D eigenvalue weighted by Crippen LogP contribution is -2.41. The monoisotopic (exact) mass is 424 g/mol. The third-order valence-electron chi connectivity index (χ3n) is 5.39. The highest BCUT2D eigenvalue weighted by Crippen LogP contribution is 2.39. The van der Waals surface area contributed by atoms with Crippen molar-refractivity contribution in [3.05, 3.63) is 71.4 Å². The fraction of sp³-hybridized carbons (Fsp3) is 0.360. The van der Waals surface area contributed by atoms with Crippen molar-refractivity contribution in [1.29, 1.82) is 0 Å². The lowest BCUT2D eigenvalue weighted by molar-refractivity contribution is -0.112. The Morgan fingerprint density at radius 3 is 2.74 bits per heavy atom. The zero-order chi connectivity index (χ0) is 22.2.